The molecule has 7 heavy (non-hydrogen) atoms. The van der Waals surface area contributed by atoms with E-state index in [-0.39, 0.29) is 0 Å². The Kier molecular flexibility index (Phi) is 7.55. The zero-order valence-corrected chi connectivity index (χ0v) is 7.80. The molecule has 41 valence electrons. The molecule has 0 saturated heterocycles. The molecule has 0 spiro atoms. The minimum absolute atomic E-state index is 0.548. The summed E-state index contributed by atoms with van der Waals surface area (Å²) < 4.78 is 15.8. The fourth-order valence-corrected chi connectivity index (χ4v) is 2.11. The summed E-state index contributed by atoms with van der Waals surface area (Å²) >= 11 is 3.46. The first-order valence-corrected chi connectivity index (χ1v) is 7.62. The van der Waals surface area contributed by atoms with Crippen LogP contribution in [0, 0.1) is 0 Å². The normalized spacial score (nSPS) is 13.6. The predicted molar refractivity (Wildman–Crippen MR) is 47.1 cm³/mol. The summed E-state index contributed by atoms with van der Waals surface area (Å²) in [5.41, 5.74) is 0. The number of hydrogen-bond donors (Lipinski definition) is 2. The highest BCUT2D eigenvalue weighted by atomic mass is 127. The van der Waals surface area contributed by atoms with Gasteiger partial charge in [0.25, 0.3) is 6.28 Å². The van der Waals surface area contributed by atoms with E-state index in [1.165, 1.54) is 0 Å². The van der Waals surface area contributed by atoms with Crippen LogP contribution in [0.25, 0.3) is 0 Å². The zero-order valence-electron chi connectivity index (χ0n) is 3.11. The Hall–Kier alpha value is 1.84. The summed E-state index contributed by atoms with van der Waals surface area (Å²) in [5, 5.41) is 0. The second kappa shape index (κ2) is 5.97. The van der Waals surface area contributed by atoms with Crippen LogP contribution >= 0.6 is 50.2 Å². The van der Waals surface area contributed by atoms with Crippen molar-refractivity contribution in [3.8, 4) is 0 Å². The number of hydrogen-bond acceptors (Lipinski definition) is 4. The van der Waals surface area contributed by atoms with Gasteiger partial charge in [0, 0.05) is 16.3 Å². The lowest BCUT2D eigenvalue weighted by atomic mass is 10.7. The van der Waals surface area contributed by atoms with Crippen LogP contribution < -0.4 is 0 Å². The quantitative estimate of drug-likeness (QED) is 0.357. The fraction of sp³-hybridized carbons (Fsp3) is 0. The molecule has 0 fully saturated rings. The third-order valence-corrected chi connectivity index (χ3v) is 6.28. The molecule has 1 unspecified atom stereocenters. The molecule has 0 amide bonds. The molecule has 0 bridgehead atoms. The average Bonchev–Trinajstić information content (AvgIpc) is 1.68. The van der Waals surface area contributed by atoms with Gasteiger partial charge < -0.3 is 9.11 Å². The molecule has 0 saturated carbocycles. The summed E-state index contributed by atoms with van der Waals surface area (Å²) in [6.07, 6.45) is 1.58. The van der Waals surface area contributed by atoms with Gasteiger partial charge in [-0.2, -0.15) is 0 Å². The van der Waals surface area contributed by atoms with Crippen molar-refractivity contribution in [2.75, 3.05) is 0 Å². The van der Waals surface area contributed by atoms with Crippen LogP contribution in [0.1, 0.15) is 0 Å². The monoisotopic (exact) mass is 267 g/mol. The predicted octanol–water partition coefficient (Wildman–Crippen LogP) is 2.68. The van der Waals surface area contributed by atoms with Crippen LogP contribution in [0.15, 0.2) is 0 Å². The Morgan fingerprint density at radius 2 is 2.14 bits per heavy atom. The second-order valence-corrected chi connectivity index (χ2v) is 9.08. The lowest BCUT2D eigenvalue weighted by molar-refractivity contribution is 0.674. The largest absolute Gasteiger partial charge is 0.342 e. The van der Waals surface area contributed by atoms with E-state index in [2.05, 4.69) is 0 Å². The molecular formula is H2BIO2PS2. The maximum absolute atomic E-state index is 8.25. The van der Waals surface area contributed by atoms with E-state index in [1.807, 2.05) is 22.0 Å². The first-order valence-electron chi connectivity index (χ1n) is 1.21. The van der Waals surface area contributed by atoms with Gasteiger partial charge in [0.2, 0.25) is 0 Å². The summed E-state index contributed by atoms with van der Waals surface area (Å²) in [6, 6.07) is 0. The van der Waals surface area contributed by atoms with Gasteiger partial charge in [0.1, 0.15) is 0 Å². The van der Waals surface area contributed by atoms with Gasteiger partial charge in [-0.3, -0.25) is 0 Å². The molecule has 0 aromatic heterocycles. The summed E-state index contributed by atoms with van der Waals surface area (Å²) in [4.78, 5) is 0. The molecule has 0 heterocycles. The Morgan fingerprint density at radius 3 is 2.29 bits per heavy atom. The van der Waals surface area contributed by atoms with Crippen LogP contribution in [0.2, 0.25) is 0 Å². The average molecular weight is 267 g/mol. The highest BCUT2D eigenvalue weighted by molar-refractivity contribution is 14.2. The standard InChI is InChI=1S/BH2IO2PS2/c2-5(7-4)1-6-3/h3-4H. The molecule has 7 heteroatoms. The van der Waals surface area contributed by atoms with Crippen LogP contribution in [0.5, 0.6) is 0 Å². The van der Waals surface area contributed by atoms with Crippen LogP contribution in [-0.2, 0) is 0 Å². The topological polar surface area (TPSA) is 40.5 Å². The number of halogens is 1. The SMILES string of the molecule is OS[B]P(I)SO. The van der Waals surface area contributed by atoms with Gasteiger partial charge in [-0.25, -0.2) is 0 Å². The van der Waals surface area contributed by atoms with Crippen molar-refractivity contribution in [2.45, 2.75) is 0 Å². The summed E-state index contributed by atoms with van der Waals surface area (Å²) in [6.45, 7) is 0. The molecule has 0 aliphatic carbocycles. The fourth-order valence-electron chi connectivity index (χ4n) is 0.0563. The molecule has 0 aromatic carbocycles. The van der Waals surface area contributed by atoms with Crippen LogP contribution in [0.4, 0.5) is 0 Å². The Balaban J connectivity index is 2.83. The van der Waals surface area contributed by atoms with E-state index in [0.29, 0.717) is 11.9 Å². The van der Waals surface area contributed by atoms with Crippen LogP contribution in [0.3, 0.4) is 0 Å². The highest BCUT2D eigenvalue weighted by Gasteiger charge is 2.02. The molecule has 1 radical (unpaired) electrons. The molecule has 0 rings (SSSR count). The molecule has 0 aliphatic rings. The highest BCUT2D eigenvalue weighted by Crippen LogP contribution is 2.55. The van der Waals surface area contributed by atoms with Gasteiger partial charge >= 0.3 is 0 Å². The Labute approximate surface area is 65.3 Å². The first-order chi connectivity index (χ1) is 3.31. The van der Waals surface area contributed by atoms with Crippen molar-refractivity contribution in [1.82, 2.24) is 0 Å². The van der Waals surface area contributed by atoms with Gasteiger partial charge in [-0.15, -0.1) is 0 Å². The maximum atomic E-state index is 8.25. The summed E-state index contributed by atoms with van der Waals surface area (Å²) in [5.74, 6) is 0. The molecule has 2 N–H and O–H groups in total. The van der Waals surface area contributed by atoms with Gasteiger partial charge in [-0.1, -0.05) is 11.9 Å². The van der Waals surface area contributed by atoms with E-state index in [1.54, 1.807) is 6.28 Å². The Morgan fingerprint density at radius 1 is 1.57 bits per heavy atom. The number of rotatable bonds is 3. The minimum atomic E-state index is -0.548. The van der Waals surface area contributed by atoms with E-state index in [4.69, 9.17) is 9.11 Å². The molecular weight excluding hydrogens is 265 g/mol. The summed E-state index contributed by atoms with van der Waals surface area (Å²) in [7, 11) is 0. The van der Waals surface area contributed by atoms with Crippen molar-refractivity contribution < 1.29 is 9.11 Å². The van der Waals surface area contributed by atoms with Crippen LogP contribution in [-0.4, -0.2) is 15.4 Å². The Bertz CT molecular complexity index is 46.7. The van der Waals surface area contributed by atoms with E-state index < -0.39 is 4.64 Å². The van der Waals surface area contributed by atoms with Crippen molar-refractivity contribution in [3.05, 3.63) is 0 Å². The smallest absolute Gasteiger partial charge is 0.292 e. The van der Waals surface area contributed by atoms with Gasteiger partial charge in [-0.05, 0) is 22.0 Å². The van der Waals surface area contributed by atoms with Gasteiger partial charge in [0.15, 0.2) is 0 Å². The lowest BCUT2D eigenvalue weighted by Gasteiger charge is -1.94. The molecule has 1 atom stereocenters. The molecule has 0 aromatic rings. The maximum Gasteiger partial charge on any atom is 0.292 e. The van der Waals surface area contributed by atoms with Crippen molar-refractivity contribution in [2.24, 2.45) is 0 Å². The van der Waals surface area contributed by atoms with E-state index >= 15 is 0 Å². The van der Waals surface area contributed by atoms with E-state index in [9.17, 15) is 0 Å². The van der Waals surface area contributed by atoms with E-state index in [0.717, 1.165) is 11.7 Å². The van der Waals surface area contributed by atoms with Crippen molar-refractivity contribution >= 4 is 56.5 Å². The molecule has 2 nitrogen and oxygen atoms in total. The third-order valence-electron chi connectivity index (χ3n) is 0.208. The third kappa shape index (κ3) is 5.72. The molecule has 0 aliphatic heterocycles. The van der Waals surface area contributed by atoms with Gasteiger partial charge in [0.05, 0.1) is 0 Å². The van der Waals surface area contributed by atoms with Crippen molar-refractivity contribution in [3.63, 3.8) is 0 Å². The second-order valence-electron chi connectivity index (χ2n) is 0.564. The van der Waals surface area contributed by atoms with Crippen molar-refractivity contribution in [1.29, 1.82) is 0 Å². The first kappa shape index (κ1) is 8.84. The zero-order chi connectivity index (χ0) is 5.70. The lowest BCUT2D eigenvalue weighted by Crippen LogP contribution is -1.67. The minimum Gasteiger partial charge on any atom is -0.342 e.